The molecule has 7 heteroatoms. The highest BCUT2D eigenvalue weighted by Crippen LogP contribution is 2.36. The molecule has 2 aromatic rings. The fraction of sp³-hybridized carbons (Fsp3) is 0.579. The summed E-state index contributed by atoms with van der Waals surface area (Å²) in [5, 5.41) is 4.07. The lowest BCUT2D eigenvalue weighted by Crippen LogP contribution is -2.40. The zero-order valence-electron chi connectivity index (χ0n) is 16.1. The van der Waals surface area contributed by atoms with Gasteiger partial charge in [-0.2, -0.15) is 4.98 Å². The van der Waals surface area contributed by atoms with Crippen molar-refractivity contribution in [3.63, 3.8) is 0 Å². The molecule has 1 aliphatic heterocycles. The number of aromatic nitrogens is 2. The molecule has 0 unspecified atom stereocenters. The number of nitrogens with zero attached hydrogens (tertiary/aromatic N) is 3. The quantitative estimate of drug-likeness (QED) is 0.778. The largest absolute Gasteiger partial charge is 0.493 e. The Hall–Kier alpha value is -2.28. The van der Waals surface area contributed by atoms with Crippen LogP contribution in [0.15, 0.2) is 22.7 Å². The van der Waals surface area contributed by atoms with Crippen molar-refractivity contribution >= 4 is 0 Å². The third kappa shape index (κ3) is 3.93. The van der Waals surface area contributed by atoms with Crippen LogP contribution in [0, 0.1) is 0 Å². The van der Waals surface area contributed by atoms with Crippen molar-refractivity contribution in [3.05, 3.63) is 29.9 Å². The number of hydrogen-bond donors (Lipinski definition) is 0. The van der Waals surface area contributed by atoms with Gasteiger partial charge in [-0.1, -0.05) is 5.16 Å². The van der Waals surface area contributed by atoms with Gasteiger partial charge in [-0.05, 0) is 52.3 Å². The topological polar surface area (TPSA) is 69.9 Å². The summed E-state index contributed by atoms with van der Waals surface area (Å²) >= 11 is 0. The SMILES string of the molecule is COc1ccc(OCc2noc([C@@H]3CCCN3C(C)(C)C)n2)cc1OC. The van der Waals surface area contributed by atoms with Crippen LogP contribution in [0.25, 0.3) is 0 Å². The summed E-state index contributed by atoms with van der Waals surface area (Å²) in [5.74, 6) is 3.14. The third-order valence-corrected chi connectivity index (χ3v) is 4.61. The van der Waals surface area contributed by atoms with Crippen LogP contribution in [0.4, 0.5) is 0 Å². The van der Waals surface area contributed by atoms with E-state index in [0.29, 0.717) is 29.0 Å². The minimum atomic E-state index is 0.0753. The lowest BCUT2D eigenvalue weighted by atomic mass is 10.0. The Balaban J connectivity index is 1.66. The lowest BCUT2D eigenvalue weighted by Gasteiger charge is -2.35. The van der Waals surface area contributed by atoms with Crippen molar-refractivity contribution in [2.45, 2.75) is 51.8 Å². The van der Waals surface area contributed by atoms with Crippen molar-refractivity contribution in [1.29, 1.82) is 0 Å². The lowest BCUT2D eigenvalue weighted by molar-refractivity contribution is 0.101. The van der Waals surface area contributed by atoms with E-state index in [1.165, 1.54) is 0 Å². The van der Waals surface area contributed by atoms with Crippen LogP contribution in [0.5, 0.6) is 17.2 Å². The van der Waals surface area contributed by atoms with Crippen LogP contribution < -0.4 is 14.2 Å². The number of rotatable bonds is 6. The predicted octanol–water partition coefficient (Wildman–Crippen LogP) is 3.60. The van der Waals surface area contributed by atoms with Crippen molar-refractivity contribution < 1.29 is 18.7 Å². The molecule has 0 saturated carbocycles. The zero-order valence-corrected chi connectivity index (χ0v) is 16.1. The number of likely N-dealkylation sites (tertiary alicyclic amines) is 1. The zero-order chi connectivity index (χ0) is 18.7. The molecule has 1 atom stereocenters. The first-order valence-corrected chi connectivity index (χ1v) is 8.86. The second-order valence-electron chi connectivity index (χ2n) is 7.38. The maximum absolute atomic E-state index is 5.77. The van der Waals surface area contributed by atoms with Gasteiger partial charge in [-0.15, -0.1) is 0 Å². The standard InChI is InChI=1S/C19H27N3O4/c1-19(2,3)22-10-6-7-14(22)18-20-17(21-26-18)12-25-13-8-9-15(23-4)16(11-13)24-5/h8-9,11,14H,6-7,10,12H2,1-5H3/t14-/m0/s1. The molecule has 1 saturated heterocycles. The second kappa shape index (κ2) is 7.53. The number of methoxy groups -OCH3 is 2. The molecular weight excluding hydrogens is 334 g/mol. The summed E-state index contributed by atoms with van der Waals surface area (Å²) in [6.07, 6.45) is 2.18. The Morgan fingerprint density at radius 2 is 1.96 bits per heavy atom. The van der Waals surface area contributed by atoms with E-state index in [4.69, 9.17) is 18.7 Å². The van der Waals surface area contributed by atoms with Gasteiger partial charge >= 0.3 is 0 Å². The predicted molar refractivity (Wildman–Crippen MR) is 96.6 cm³/mol. The van der Waals surface area contributed by atoms with Gasteiger partial charge < -0.3 is 18.7 Å². The van der Waals surface area contributed by atoms with E-state index in [1.807, 2.05) is 6.07 Å². The highest BCUT2D eigenvalue weighted by atomic mass is 16.5. The van der Waals surface area contributed by atoms with Gasteiger partial charge in [-0.25, -0.2) is 0 Å². The summed E-state index contributed by atoms with van der Waals surface area (Å²) in [5.41, 5.74) is 0.0753. The first-order chi connectivity index (χ1) is 12.4. The fourth-order valence-electron chi connectivity index (χ4n) is 3.34. The van der Waals surface area contributed by atoms with Crippen LogP contribution >= 0.6 is 0 Å². The van der Waals surface area contributed by atoms with Gasteiger partial charge in [0.05, 0.1) is 20.3 Å². The average molecular weight is 361 g/mol. The molecule has 0 bridgehead atoms. The number of ether oxygens (including phenoxy) is 3. The Morgan fingerprint density at radius 3 is 2.65 bits per heavy atom. The minimum Gasteiger partial charge on any atom is -0.493 e. The summed E-state index contributed by atoms with van der Waals surface area (Å²) in [6.45, 7) is 7.92. The van der Waals surface area contributed by atoms with Crippen LogP contribution in [0.2, 0.25) is 0 Å². The molecule has 1 fully saturated rings. The van der Waals surface area contributed by atoms with Gasteiger partial charge in [0, 0.05) is 11.6 Å². The van der Waals surface area contributed by atoms with Gasteiger partial charge in [0.2, 0.25) is 11.7 Å². The third-order valence-electron chi connectivity index (χ3n) is 4.61. The van der Waals surface area contributed by atoms with Gasteiger partial charge in [0.1, 0.15) is 5.75 Å². The molecule has 0 N–H and O–H groups in total. The highest BCUT2D eigenvalue weighted by molar-refractivity contribution is 5.45. The fourth-order valence-corrected chi connectivity index (χ4v) is 3.34. The molecule has 0 amide bonds. The van der Waals surface area contributed by atoms with Gasteiger partial charge in [-0.3, -0.25) is 4.90 Å². The normalized spacial score (nSPS) is 18.1. The molecule has 26 heavy (non-hydrogen) atoms. The Morgan fingerprint density at radius 1 is 1.19 bits per heavy atom. The monoisotopic (exact) mass is 361 g/mol. The highest BCUT2D eigenvalue weighted by Gasteiger charge is 2.37. The summed E-state index contributed by atoms with van der Waals surface area (Å²) in [4.78, 5) is 6.96. The van der Waals surface area contributed by atoms with E-state index in [2.05, 4.69) is 35.8 Å². The van der Waals surface area contributed by atoms with E-state index >= 15 is 0 Å². The van der Waals surface area contributed by atoms with Crippen LogP contribution in [0.1, 0.15) is 51.4 Å². The molecule has 7 nitrogen and oxygen atoms in total. The van der Waals surface area contributed by atoms with Crippen molar-refractivity contribution in [3.8, 4) is 17.2 Å². The molecule has 1 aliphatic rings. The molecule has 1 aromatic carbocycles. The van der Waals surface area contributed by atoms with E-state index in [9.17, 15) is 0 Å². The molecule has 2 heterocycles. The maximum atomic E-state index is 5.77. The van der Waals surface area contributed by atoms with E-state index in [1.54, 1.807) is 26.4 Å². The molecule has 0 radical (unpaired) electrons. The number of benzene rings is 1. The Labute approximate surface area is 154 Å². The first-order valence-electron chi connectivity index (χ1n) is 8.86. The smallest absolute Gasteiger partial charge is 0.244 e. The Kier molecular flexibility index (Phi) is 5.36. The molecule has 0 aliphatic carbocycles. The summed E-state index contributed by atoms with van der Waals surface area (Å²) < 4.78 is 21.8. The molecule has 1 aromatic heterocycles. The summed E-state index contributed by atoms with van der Waals surface area (Å²) in [7, 11) is 3.19. The van der Waals surface area contributed by atoms with Crippen molar-refractivity contribution in [2.75, 3.05) is 20.8 Å². The summed E-state index contributed by atoms with van der Waals surface area (Å²) in [6, 6.07) is 5.58. The molecular formula is C19H27N3O4. The average Bonchev–Trinajstić information content (AvgIpc) is 3.28. The number of hydrogen-bond acceptors (Lipinski definition) is 7. The molecule has 3 rings (SSSR count). The molecule has 142 valence electrons. The van der Waals surface area contributed by atoms with Gasteiger partial charge in [0.15, 0.2) is 18.1 Å². The van der Waals surface area contributed by atoms with Crippen LogP contribution in [0.3, 0.4) is 0 Å². The first kappa shape index (κ1) is 18.5. The van der Waals surface area contributed by atoms with E-state index in [0.717, 1.165) is 19.4 Å². The van der Waals surface area contributed by atoms with Crippen LogP contribution in [-0.2, 0) is 6.61 Å². The maximum Gasteiger partial charge on any atom is 0.244 e. The molecule has 0 spiro atoms. The second-order valence-corrected chi connectivity index (χ2v) is 7.38. The van der Waals surface area contributed by atoms with Crippen molar-refractivity contribution in [2.24, 2.45) is 0 Å². The van der Waals surface area contributed by atoms with Crippen molar-refractivity contribution in [1.82, 2.24) is 15.0 Å². The van der Waals surface area contributed by atoms with E-state index < -0.39 is 0 Å². The minimum absolute atomic E-state index is 0.0753. The Bertz CT molecular complexity index is 739. The van der Waals surface area contributed by atoms with E-state index in [-0.39, 0.29) is 18.2 Å². The van der Waals surface area contributed by atoms with Gasteiger partial charge in [0.25, 0.3) is 0 Å². The van der Waals surface area contributed by atoms with Crippen LogP contribution in [-0.4, -0.2) is 41.3 Å².